The van der Waals surface area contributed by atoms with Gasteiger partial charge in [-0.15, -0.1) is 0 Å². The SMILES string of the molecule is COC(=O)[C@H](CS)NC(=O)[C@H](CC(C)C)NC(=O)OCc1ccccc1. The summed E-state index contributed by atoms with van der Waals surface area (Å²) in [5, 5.41) is 5.10. The summed E-state index contributed by atoms with van der Waals surface area (Å²) in [5.74, 6) is -0.846. The van der Waals surface area contributed by atoms with E-state index in [1.807, 2.05) is 44.2 Å². The molecule has 0 aliphatic heterocycles. The zero-order valence-electron chi connectivity index (χ0n) is 15.2. The molecule has 0 unspecified atom stereocenters. The van der Waals surface area contributed by atoms with Crippen LogP contribution in [0, 0.1) is 5.92 Å². The van der Waals surface area contributed by atoms with Crippen LogP contribution in [0.15, 0.2) is 30.3 Å². The molecule has 1 aromatic rings. The first-order chi connectivity index (χ1) is 12.4. The number of carbonyl (C=O) groups excluding carboxylic acids is 3. The van der Waals surface area contributed by atoms with Crippen molar-refractivity contribution in [3.8, 4) is 0 Å². The van der Waals surface area contributed by atoms with E-state index in [0.29, 0.717) is 6.42 Å². The number of benzene rings is 1. The van der Waals surface area contributed by atoms with Gasteiger partial charge in [-0.25, -0.2) is 9.59 Å². The topological polar surface area (TPSA) is 93.7 Å². The maximum atomic E-state index is 12.5. The van der Waals surface area contributed by atoms with Crippen LogP contribution in [0.3, 0.4) is 0 Å². The predicted octanol–water partition coefficient (Wildman–Crippen LogP) is 1.92. The molecule has 0 aliphatic rings. The molecule has 144 valence electrons. The van der Waals surface area contributed by atoms with Gasteiger partial charge in [0.25, 0.3) is 0 Å². The normalized spacial score (nSPS) is 12.8. The summed E-state index contributed by atoms with van der Waals surface area (Å²) in [6.07, 6.45) is -0.303. The zero-order chi connectivity index (χ0) is 19.5. The molecular formula is C18H26N2O5S. The molecule has 1 rings (SSSR count). The van der Waals surface area contributed by atoms with Crippen LogP contribution < -0.4 is 10.6 Å². The van der Waals surface area contributed by atoms with Gasteiger partial charge in [-0.2, -0.15) is 12.6 Å². The number of hydrogen-bond acceptors (Lipinski definition) is 6. The van der Waals surface area contributed by atoms with Crippen LogP contribution in [0.2, 0.25) is 0 Å². The second kappa shape index (κ2) is 11.4. The van der Waals surface area contributed by atoms with Gasteiger partial charge >= 0.3 is 12.1 Å². The fourth-order valence-electron chi connectivity index (χ4n) is 2.20. The first-order valence-electron chi connectivity index (χ1n) is 8.33. The van der Waals surface area contributed by atoms with Gasteiger partial charge in [0.05, 0.1) is 7.11 Å². The molecule has 0 saturated carbocycles. The maximum Gasteiger partial charge on any atom is 0.408 e. The minimum Gasteiger partial charge on any atom is -0.467 e. The standard InChI is InChI=1S/C18H26N2O5S/c1-12(2)9-14(16(21)19-15(11-26)17(22)24-3)20-18(23)25-10-13-7-5-4-6-8-13/h4-8,12,14-15,26H,9-11H2,1-3H3,(H,19,21)(H,20,23)/t14-,15-/m0/s1. The van der Waals surface area contributed by atoms with E-state index >= 15 is 0 Å². The molecule has 0 spiro atoms. The van der Waals surface area contributed by atoms with E-state index in [0.717, 1.165) is 5.56 Å². The minimum absolute atomic E-state index is 0.0886. The Bertz CT molecular complexity index is 595. The number of hydrogen-bond donors (Lipinski definition) is 3. The summed E-state index contributed by atoms with van der Waals surface area (Å²) in [6.45, 7) is 3.95. The van der Waals surface area contributed by atoms with Crippen molar-refractivity contribution in [3.05, 3.63) is 35.9 Å². The van der Waals surface area contributed by atoms with E-state index in [9.17, 15) is 14.4 Å². The molecule has 0 saturated heterocycles. The van der Waals surface area contributed by atoms with Crippen LogP contribution in [0.4, 0.5) is 4.79 Å². The summed E-state index contributed by atoms with van der Waals surface area (Å²) < 4.78 is 9.77. The van der Waals surface area contributed by atoms with Crippen molar-refractivity contribution >= 4 is 30.6 Å². The van der Waals surface area contributed by atoms with Crippen LogP contribution in [0.5, 0.6) is 0 Å². The number of ether oxygens (including phenoxy) is 2. The first kappa shape index (κ1) is 21.8. The van der Waals surface area contributed by atoms with Crippen LogP contribution in [0.1, 0.15) is 25.8 Å². The van der Waals surface area contributed by atoms with Crippen molar-refractivity contribution in [2.24, 2.45) is 5.92 Å². The van der Waals surface area contributed by atoms with Crippen molar-refractivity contribution in [3.63, 3.8) is 0 Å². The maximum absolute atomic E-state index is 12.5. The Morgan fingerprint density at radius 3 is 2.27 bits per heavy atom. The Morgan fingerprint density at radius 2 is 1.73 bits per heavy atom. The fourth-order valence-corrected chi connectivity index (χ4v) is 2.44. The highest BCUT2D eigenvalue weighted by atomic mass is 32.1. The highest BCUT2D eigenvalue weighted by molar-refractivity contribution is 7.80. The number of carbonyl (C=O) groups is 3. The smallest absolute Gasteiger partial charge is 0.408 e. The number of amides is 2. The van der Waals surface area contributed by atoms with Gasteiger partial charge in [-0.3, -0.25) is 4.79 Å². The van der Waals surface area contributed by atoms with Crippen LogP contribution >= 0.6 is 12.6 Å². The van der Waals surface area contributed by atoms with Gasteiger partial charge in [-0.05, 0) is 17.9 Å². The van der Waals surface area contributed by atoms with E-state index in [1.54, 1.807) is 0 Å². The van der Waals surface area contributed by atoms with Gasteiger partial charge in [0.15, 0.2) is 0 Å². The van der Waals surface area contributed by atoms with Crippen molar-refractivity contribution in [2.75, 3.05) is 12.9 Å². The zero-order valence-corrected chi connectivity index (χ0v) is 16.1. The van der Waals surface area contributed by atoms with E-state index in [2.05, 4.69) is 28.0 Å². The Morgan fingerprint density at radius 1 is 1.08 bits per heavy atom. The molecular weight excluding hydrogens is 356 g/mol. The summed E-state index contributed by atoms with van der Waals surface area (Å²) >= 11 is 4.04. The minimum atomic E-state index is -0.882. The molecule has 2 N–H and O–H groups in total. The summed E-state index contributed by atoms with van der Waals surface area (Å²) in [6, 6.07) is 7.51. The molecule has 7 nitrogen and oxygen atoms in total. The molecule has 0 aliphatic carbocycles. The molecule has 2 atom stereocenters. The van der Waals surface area contributed by atoms with Crippen molar-refractivity contribution in [2.45, 2.75) is 39.0 Å². The van der Waals surface area contributed by atoms with E-state index in [1.165, 1.54) is 7.11 Å². The Labute approximate surface area is 159 Å². The Kier molecular flexibility index (Phi) is 9.57. The molecule has 0 bridgehead atoms. The number of thiol groups is 1. The number of nitrogens with one attached hydrogen (secondary N) is 2. The van der Waals surface area contributed by atoms with Crippen LogP contribution in [-0.2, 0) is 25.7 Å². The van der Waals surface area contributed by atoms with Gasteiger partial charge < -0.3 is 20.1 Å². The fraction of sp³-hybridized carbons (Fsp3) is 0.500. The lowest BCUT2D eigenvalue weighted by Gasteiger charge is -2.22. The molecule has 8 heteroatoms. The number of methoxy groups -OCH3 is 1. The van der Waals surface area contributed by atoms with E-state index in [4.69, 9.17) is 4.74 Å². The number of esters is 1. The van der Waals surface area contributed by atoms with Gasteiger partial charge in [0.2, 0.25) is 5.91 Å². The lowest BCUT2D eigenvalue weighted by Crippen LogP contribution is -2.52. The second-order valence-electron chi connectivity index (χ2n) is 6.16. The van der Waals surface area contributed by atoms with Crippen LogP contribution in [0.25, 0.3) is 0 Å². The van der Waals surface area contributed by atoms with Crippen molar-refractivity contribution in [1.82, 2.24) is 10.6 Å². The molecule has 0 aromatic heterocycles. The molecule has 0 heterocycles. The van der Waals surface area contributed by atoms with E-state index < -0.39 is 30.1 Å². The number of rotatable bonds is 9. The second-order valence-corrected chi connectivity index (χ2v) is 6.52. The predicted molar refractivity (Wildman–Crippen MR) is 101 cm³/mol. The van der Waals surface area contributed by atoms with E-state index in [-0.39, 0.29) is 18.3 Å². The molecule has 2 amide bonds. The van der Waals surface area contributed by atoms with Gasteiger partial charge in [-0.1, -0.05) is 44.2 Å². The Balaban J connectivity index is 2.65. The molecule has 0 radical (unpaired) electrons. The molecule has 0 fully saturated rings. The highest BCUT2D eigenvalue weighted by Crippen LogP contribution is 2.07. The third-order valence-electron chi connectivity index (χ3n) is 3.51. The van der Waals surface area contributed by atoms with Crippen LogP contribution in [-0.4, -0.2) is 42.9 Å². The third-order valence-corrected chi connectivity index (χ3v) is 3.88. The summed E-state index contributed by atoms with van der Waals surface area (Å²) in [4.78, 5) is 36.1. The average molecular weight is 382 g/mol. The quantitative estimate of drug-likeness (QED) is 0.448. The summed E-state index contributed by atoms with van der Waals surface area (Å²) in [7, 11) is 1.23. The number of alkyl carbamates (subject to hydrolysis) is 1. The van der Waals surface area contributed by atoms with Gasteiger partial charge in [0, 0.05) is 5.75 Å². The molecule has 26 heavy (non-hydrogen) atoms. The monoisotopic (exact) mass is 382 g/mol. The van der Waals surface area contributed by atoms with Gasteiger partial charge in [0.1, 0.15) is 18.7 Å². The first-order valence-corrected chi connectivity index (χ1v) is 8.96. The Hall–Kier alpha value is -2.22. The summed E-state index contributed by atoms with van der Waals surface area (Å²) in [5.41, 5.74) is 0.841. The lowest BCUT2D eigenvalue weighted by atomic mass is 10.0. The van der Waals surface area contributed by atoms with Crippen molar-refractivity contribution in [1.29, 1.82) is 0 Å². The molecule has 1 aromatic carbocycles. The highest BCUT2D eigenvalue weighted by Gasteiger charge is 2.27. The lowest BCUT2D eigenvalue weighted by molar-refractivity contribution is -0.144. The third kappa shape index (κ3) is 7.77. The largest absolute Gasteiger partial charge is 0.467 e. The average Bonchev–Trinajstić information content (AvgIpc) is 2.63. The van der Waals surface area contributed by atoms with Crippen molar-refractivity contribution < 1.29 is 23.9 Å².